The van der Waals surface area contributed by atoms with E-state index >= 15 is 0 Å². The van der Waals surface area contributed by atoms with Gasteiger partial charge in [-0.3, -0.25) is 4.79 Å². The lowest BCUT2D eigenvalue weighted by Crippen LogP contribution is -2.00. The van der Waals surface area contributed by atoms with Gasteiger partial charge in [-0.1, -0.05) is 40.2 Å². The fraction of sp³-hybridized carbons (Fsp3) is 0.133. The van der Waals surface area contributed by atoms with Crippen LogP contribution in [0.3, 0.4) is 0 Å². The minimum Gasteiger partial charge on any atom is -0.489 e. The van der Waals surface area contributed by atoms with E-state index in [-0.39, 0.29) is 6.42 Å². The number of benzene rings is 2. The molecule has 0 aliphatic heterocycles. The molecule has 3 nitrogen and oxygen atoms in total. The summed E-state index contributed by atoms with van der Waals surface area (Å²) in [5.41, 5.74) is 1.85. The van der Waals surface area contributed by atoms with Gasteiger partial charge in [0.25, 0.3) is 0 Å². The van der Waals surface area contributed by atoms with Crippen molar-refractivity contribution >= 4 is 21.9 Å². The normalized spacial score (nSPS) is 10.2. The number of hydrogen-bond donors (Lipinski definition) is 1. The number of hydrogen-bond acceptors (Lipinski definition) is 2. The van der Waals surface area contributed by atoms with Crippen molar-refractivity contribution in [1.29, 1.82) is 0 Å². The summed E-state index contributed by atoms with van der Waals surface area (Å²) < 4.78 is 6.67. The lowest BCUT2D eigenvalue weighted by atomic mass is 10.1. The van der Waals surface area contributed by atoms with Crippen LogP contribution in [0.4, 0.5) is 0 Å². The van der Waals surface area contributed by atoms with Gasteiger partial charge in [-0.25, -0.2) is 0 Å². The number of aliphatic carboxylic acids is 1. The van der Waals surface area contributed by atoms with E-state index in [1.54, 1.807) is 24.3 Å². The van der Waals surface area contributed by atoms with Crippen LogP contribution in [0.1, 0.15) is 11.1 Å². The zero-order valence-electron chi connectivity index (χ0n) is 10.2. The van der Waals surface area contributed by atoms with Crippen LogP contribution in [0.15, 0.2) is 53.0 Å². The van der Waals surface area contributed by atoms with Crippen LogP contribution >= 0.6 is 15.9 Å². The third kappa shape index (κ3) is 4.41. The Labute approximate surface area is 120 Å². The molecule has 2 aromatic rings. The molecule has 2 aromatic carbocycles. The number of carbonyl (C=O) groups is 1. The molecule has 98 valence electrons. The first-order valence-corrected chi connectivity index (χ1v) is 6.61. The SMILES string of the molecule is O=C(O)Cc1ccc(OCc2ccc(Br)cc2)cc1. The highest BCUT2D eigenvalue weighted by Gasteiger charge is 2.01. The van der Waals surface area contributed by atoms with Gasteiger partial charge in [0.05, 0.1) is 6.42 Å². The van der Waals surface area contributed by atoms with Gasteiger partial charge in [0.2, 0.25) is 0 Å². The molecule has 0 unspecified atom stereocenters. The van der Waals surface area contributed by atoms with Gasteiger partial charge in [0, 0.05) is 4.47 Å². The summed E-state index contributed by atoms with van der Waals surface area (Å²) in [6, 6.07) is 15.0. The Kier molecular flexibility index (Phi) is 4.58. The summed E-state index contributed by atoms with van der Waals surface area (Å²) in [7, 11) is 0. The number of carboxylic acid groups (broad SMARTS) is 1. The van der Waals surface area contributed by atoms with Crippen molar-refractivity contribution in [2.24, 2.45) is 0 Å². The van der Waals surface area contributed by atoms with Crippen molar-refractivity contribution < 1.29 is 14.6 Å². The second-order valence-electron chi connectivity index (χ2n) is 4.13. The molecule has 0 atom stereocenters. The quantitative estimate of drug-likeness (QED) is 0.914. The van der Waals surface area contributed by atoms with Crippen LogP contribution in [0.5, 0.6) is 5.75 Å². The van der Waals surface area contributed by atoms with E-state index in [2.05, 4.69) is 15.9 Å². The molecule has 0 amide bonds. The third-order valence-corrected chi connectivity index (χ3v) is 3.13. The fourth-order valence-electron chi connectivity index (χ4n) is 1.63. The van der Waals surface area contributed by atoms with Crippen LogP contribution in [-0.4, -0.2) is 11.1 Å². The Balaban J connectivity index is 1.92. The van der Waals surface area contributed by atoms with Crippen molar-refractivity contribution in [3.63, 3.8) is 0 Å². The zero-order valence-corrected chi connectivity index (χ0v) is 11.8. The molecule has 0 bridgehead atoms. The first kappa shape index (κ1) is 13.6. The maximum Gasteiger partial charge on any atom is 0.307 e. The van der Waals surface area contributed by atoms with E-state index in [4.69, 9.17) is 9.84 Å². The Morgan fingerprint density at radius 3 is 2.16 bits per heavy atom. The first-order valence-electron chi connectivity index (χ1n) is 5.81. The molecule has 4 heteroatoms. The van der Waals surface area contributed by atoms with Crippen molar-refractivity contribution in [2.45, 2.75) is 13.0 Å². The maximum atomic E-state index is 10.6. The topological polar surface area (TPSA) is 46.5 Å². The molecular formula is C15H13BrO3. The van der Waals surface area contributed by atoms with E-state index in [0.29, 0.717) is 6.61 Å². The molecule has 2 rings (SSSR count). The Bertz CT molecular complexity index is 547. The number of carboxylic acids is 1. The fourth-order valence-corrected chi connectivity index (χ4v) is 1.89. The highest BCUT2D eigenvalue weighted by atomic mass is 79.9. The van der Waals surface area contributed by atoms with E-state index in [1.807, 2.05) is 24.3 Å². The van der Waals surface area contributed by atoms with Gasteiger partial charge < -0.3 is 9.84 Å². The standard InChI is InChI=1S/C15H13BrO3/c16-13-5-1-12(2-6-13)10-19-14-7-3-11(4-8-14)9-15(17)18/h1-8H,9-10H2,(H,17,18). The highest BCUT2D eigenvalue weighted by molar-refractivity contribution is 9.10. The number of rotatable bonds is 5. The number of ether oxygens (including phenoxy) is 1. The molecule has 0 aliphatic rings. The molecule has 19 heavy (non-hydrogen) atoms. The first-order chi connectivity index (χ1) is 9.13. The lowest BCUT2D eigenvalue weighted by molar-refractivity contribution is -0.136. The van der Waals surface area contributed by atoms with Gasteiger partial charge in [-0.05, 0) is 35.4 Å². The largest absolute Gasteiger partial charge is 0.489 e. The summed E-state index contributed by atoms with van der Waals surface area (Å²) >= 11 is 3.38. The van der Waals surface area contributed by atoms with Gasteiger partial charge in [-0.15, -0.1) is 0 Å². The molecule has 0 fully saturated rings. The predicted molar refractivity (Wildman–Crippen MR) is 76.3 cm³/mol. The molecule has 0 aliphatic carbocycles. The molecule has 0 radical (unpaired) electrons. The summed E-state index contributed by atoms with van der Waals surface area (Å²) in [5.74, 6) is -0.0967. The van der Waals surface area contributed by atoms with Crippen LogP contribution in [0, 0.1) is 0 Å². The smallest absolute Gasteiger partial charge is 0.307 e. The Morgan fingerprint density at radius 2 is 1.58 bits per heavy atom. The predicted octanol–water partition coefficient (Wildman–Crippen LogP) is 3.66. The summed E-state index contributed by atoms with van der Waals surface area (Å²) in [5, 5.41) is 8.68. The second-order valence-corrected chi connectivity index (χ2v) is 5.05. The summed E-state index contributed by atoms with van der Waals surface area (Å²) in [4.78, 5) is 10.6. The maximum absolute atomic E-state index is 10.6. The average Bonchev–Trinajstić information content (AvgIpc) is 2.39. The molecule has 0 spiro atoms. The molecule has 0 saturated heterocycles. The molecular weight excluding hydrogens is 308 g/mol. The van der Waals surface area contributed by atoms with Gasteiger partial charge in [-0.2, -0.15) is 0 Å². The van der Waals surface area contributed by atoms with Gasteiger partial charge in [0.1, 0.15) is 12.4 Å². The van der Waals surface area contributed by atoms with E-state index in [1.165, 1.54) is 0 Å². The molecule has 1 N–H and O–H groups in total. The average molecular weight is 321 g/mol. The highest BCUT2D eigenvalue weighted by Crippen LogP contribution is 2.16. The molecule has 0 saturated carbocycles. The zero-order chi connectivity index (χ0) is 13.7. The molecule has 0 aromatic heterocycles. The van der Waals surface area contributed by atoms with E-state index in [9.17, 15) is 4.79 Å². The van der Waals surface area contributed by atoms with Crippen LogP contribution < -0.4 is 4.74 Å². The monoisotopic (exact) mass is 320 g/mol. The minimum absolute atomic E-state index is 0.0347. The Morgan fingerprint density at radius 1 is 1.00 bits per heavy atom. The van der Waals surface area contributed by atoms with Crippen molar-refractivity contribution in [1.82, 2.24) is 0 Å². The van der Waals surface area contributed by atoms with Gasteiger partial charge >= 0.3 is 5.97 Å². The summed E-state index contributed by atoms with van der Waals surface area (Å²) in [6.45, 7) is 0.492. The van der Waals surface area contributed by atoms with Crippen LogP contribution in [0.2, 0.25) is 0 Å². The summed E-state index contributed by atoms with van der Waals surface area (Å²) in [6.07, 6.45) is 0.0347. The van der Waals surface area contributed by atoms with E-state index < -0.39 is 5.97 Å². The third-order valence-electron chi connectivity index (χ3n) is 2.60. The van der Waals surface area contributed by atoms with Crippen LogP contribution in [-0.2, 0) is 17.8 Å². The minimum atomic E-state index is -0.830. The van der Waals surface area contributed by atoms with Crippen LogP contribution in [0.25, 0.3) is 0 Å². The second kappa shape index (κ2) is 6.38. The number of halogens is 1. The van der Waals surface area contributed by atoms with Crippen molar-refractivity contribution in [3.05, 3.63) is 64.1 Å². The van der Waals surface area contributed by atoms with Gasteiger partial charge in [0.15, 0.2) is 0 Å². The lowest BCUT2D eigenvalue weighted by Gasteiger charge is -2.07. The van der Waals surface area contributed by atoms with Crippen molar-refractivity contribution in [3.8, 4) is 5.75 Å². The van der Waals surface area contributed by atoms with Crippen molar-refractivity contribution in [2.75, 3.05) is 0 Å². The van der Waals surface area contributed by atoms with E-state index in [0.717, 1.165) is 21.3 Å². The molecule has 0 heterocycles. The Hall–Kier alpha value is -1.81.